The van der Waals surface area contributed by atoms with Crippen molar-refractivity contribution in [3.05, 3.63) is 28.8 Å². The van der Waals surface area contributed by atoms with Crippen LogP contribution < -0.4 is 0 Å². The molecular formula is C17H26O. The predicted molar refractivity (Wildman–Crippen MR) is 77.2 cm³/mol. The number of aryl methyl sites for hydroxylation is 2. The van der Waals surface area contributed by atoms with Crippen molar-refractivity contribution in [1.29, 1.82) is 0 Å². The zero-order valence-electron chi connectivity index (χ0n) is 12.0. The van der Waals surface area contributed by atoms with Gasteiger partial charge in [-0.05, 0) is 68.1 Å². The lowest BCUT2D eigenvalue weighted by atomic mass is 9.77. The third-order valence-corrected chi connectivity index (χ3v) is 4.53. The molecule has 0 spiro atoms. The molecule has 0 bridgehead atoms. The summed E-state index contributed by atoms with van der Waals surface area (Å²) >= 11 is 0. The summed E-state index contributed by atoms with van der Waals surface area (Å²) in [6, 6.07) is 4.38. The molecule has 0 atom stereocenters. The monoisotopic (exact) mass is 246 g/mol. The van der Waals surface area contributed by atoms with E-state index in [-0.39, 0.29) is 0 Å². The largest absolute Gasteiger partial charge is 0.507 e. The smallest absolute Gasteiger partial charge is 0.121 e. The lowest BCUT2D eigenvalue weighted by Gasteiger charge is -2.29. The maximum Gasteiger partial charge on any atom is 0.121 e. The van der Waals surface area contributed by atoms with E-state index in [0.29, 0.717) is 5.75 Å². The van der Waals surface area contributed by atoms with Gasteiger partial charge in [0.05, 0.1) is 0 Å². The summed E-state index contributed by atoms with van der Waals surface area (Å²) in [5.74, 6) is 2.15. The Morgan fingerprint density at radius 3 is 2.11 bits per heavy atom. The second kappa shape index (κ2) is 5.77. The van der Waals surface area contributed by atoms with E-state index in [2.05, 4.69) is 19.1 Å². The zero-order valence-corrected chi connectivity index (χ0v) is 12.0. The second-order valence-corrected chi connectivity index (χ2v) is 6.01. The molecule has 2 rings (SSSR count). The molecule has 18 heavy (non-hydrogen) atoms. The molecule has 1 fully saturated rings. The number of phenols is 1. The molecule has 0 unspecified atom stereocenters. The van der Waals surface area contributed by atoms with Gasteiger partial charge in [-0.1, -0.05) is 31.9 Å². The number of hydrogen-bond donors (Lipinski definition) is 1. The van der Waals surface area contributed by atoms with Crippen LogP contribution in [-0.4, -0.2) is 5.11 Å². The van der Waals surface area contributed by atoms with E-state index in [0.717, 1.165) is 23.0 Å². The Bertz CT molecular complexity index is 377. The van der Waals surface area contributed by atoms with Crippen LogP contribution in [0.5, 0.6) is 5.75 Å². The Morgan fingerprint density at radius 1 is 1.06 bits per heavy atom. The summed E-state index contributed by atoms with van der Waals surface area (Å²) in [5, 5.41) is 9.84. The first-order valence-electron chi connectivity index (χ1n) is 7.42. The fourth-order valence-corrected chi connectivity index (χ4v) is 3.42. The molecule has 0 amide bonds. The third kappa shape index (κ3) is 2.88. The molecule has 1 aliphatic carbocycles. The Kier molecular flexibility index (Phi) is 4.31. The summed E-state index contributed by atoms with van der Waals surface area (Å²) < 4.78 is 0. The van der Waals surface area contributed by atoms with Crippen molar-refractivity contribution in [2.45, 2.75) is 65.2 Å². The molecule has 1 aromatic carbocycles. The summed E-state index contributed by atoms with van der Waals surface area (Å²) in [4.78, 5) is 0. The van der Waals surface area contributed by atoms with E-state index in [1.165, 1.54) is 44.1 Å². The molecule has 0 radical (unpaired) electrons. The molecule has 1 aromatic rings. The Hall–Kier alpha value is -0.980. The first kappa shape index (κ1) is 13.5. The van der Waals surface area contributed by atoms with E-state index in [1.54, 1.807) is 0 Å². The molecule has 0 saturated heterocycles. The van der Waals surface area contributed by atoms with Gasteiger partial charge in [0, 0.05) is 0 Å². The van der Waals surface area contributed by atoms with E-state index < -0.39 is 0 Å². The minimum absolute atomic E-state index is 0.471. The van der Waals surface area contributed by atoms with Gasteiger partial charge in [-0.25, -0.2) is 0 Å². The number of phenolic OH excluding ortho intramolecular Hbond substituents is 1. The van der Waals surface area contributed by atoms with E-state index in [1.807, 2.05) is 13.8 Å². The van der Waals surface area contributed by atoms with Gasteiger partial charge in [-0.3, -0.25) is 0 Å². The van der Waals surface area contributed by atoms with Crippen molar-refractivity contribution >= 4 is 0 Å². The van der Waals surface area contributed by atoms with Gasteiger partial charge < -0.3 is 5.11 Å². The summed E-state index contributed by atoms with van der Waals surface area (Å²) in [5.41, 5.74) is 3.50. The van der Waals surface area contributed by atoms with Crippen LogP contribution in [0.1, 0.15) is 68.1 Å². The van der Waals surface area contributed by atoms with Crippen LogP contribution in [-0.2, 0) is 0 Å². The number of benzene rings is 1. The predicted octanol–water partition coefficient (Wildman–Crippen LogP) is 5.08. The van der Waals surface area contributed by atoms with Gasteiger partial charge in [0.2, 0.25) is 0 Å². The molecule has 1 N–H and O–H groups in total. The van der Waals surface area contributed by atoms with Gasteiger partial charge in [-0.15, -0.1) is 0 Å². The lowest BCUT2D eigenvalue weighted by molar-refractivity contribution is 0.308. The van der Waals surface area contributed by atoms with Gasteiger partial charge in [-0.2, -0.15) is 0 Å². The highest BCUT2D eigenvalue weighted by atomic mass is 16.3. The highest BCUT2D eigenvalue weighted by Gasteiger charge is 2.22. The molecule has 0 aliphatic heterocycles. The Labute approximate surface area is 111 Å². The quantitative estimate of drug-likeness (QED) is 0.788. The van der Waals surface area contributed by atoms with Crippen LogP contribution in [0.4, 0.5) is 0 Å². The van der Waals surface area contributed by atoms with Crippen LogP contribution >= 0.6 is 0 Å². The molecule has 1 aliphatic rings. The molecule has 0 heterocycles. The zero-order chi connectivity index (χ0) is 13.1. The van der Waals surface area contributed by atoms with E-state index in [4.69, 9.17) is 0 Å². The van der Waals surface area contributed by atoms with Crippen molar-refractivity contribution in [3.63, 3.8) is 0 Å². The molecule has 1 heteroatoms. The molecule has 1 nitrogen and oxygen atoms in total. The van der Waals surface area contributed by atoms with Crippen molar-refractivity contribution in [2.75, 3.05) is 0 Å². The summed E-state index contributed by atoms with van der Waals surface area (Å²) in [6.07, 6.45) is 8.16. The molecule has 1 saturated carbocycles. The molecule has 100 valence electrons. The highest BCUT2D eigenvalue weighted by Crippen LogP contribution is 2.39. The third-order valence-electron chi connectivity index (χ3n) is 4.53. The van der Waals surface area contributed by atoms with Crippen LogP contribution in [0.15, 0.2) is 12.1 Å². The summed E-state index contributed by atoms with van der Waals surface area (Å²) in [6.45, 7) is 6.31. The minimum atomic E-state index is 0.471. The van der Waals surface area contributed by atoms with Gasteiger partial charge >= 0.3 is 0 Å². The average molecular weight is 246 g/mol. The second-order valence-electron chi connectivity index (χ2n) is 6.01. The fourth-order valence-electron chi connectivity index (χ4n) is 3.42. The van der Waals surface area contributed by atoms with Crippen LogP contribution in [0.2, 0.25) is 0 Å². The highest BCUT2D eigenvalue weighted by molar-refractivity contribution is 5.43. The van der Waals surface area contributed by atoms with Crippen molar-refractivity contribution in [2.24, 2.45) is 5.92 Å². The number of rotatable bonds is 3. The van der Waals surface area contributed by atoms with Crippen molar-refractivity contribution in [3.8, 4) is 5.75 Å². The van der Waals surface area contributed by atoms with Crippen molar-refractivity contribution < 1.29 is 5.11 Å². The maximum atomic E-state index is 9.84. The van der Waals surface area contributed by atoms with E-state index >= 15 is 0 Å². The topological polar surface area (TPSA) is 20.2 Å². The fraction of sp³-hybridized carbons (Fsp3) is 0.647. The standard InChI is InChI=1S/C17H26O/c1-4-5-14-6-8-15(9-7-14)16-10-12(2)17(18)13(3)11-16/h10-11,14-15,18H,4-9H2,1-3H3. The lowest BCUT2D eigenvalue weighted by Crippen LogP contribution is -2.13. The van der Waals surface area contributed by atoms with Crippen LogP contribution in [0.25, 0.3) is 0 Å². The van der Waals surface area contributed by atoms with Gasteiger partial charge in [0.1, 0.15) is 5.75 Å². The van der Waals surface area contributed by atoms with Crippen molar-refractivity contribution in [1.82, 2.24) is 0 Å². The molecular weight excluding hydrogens is 220 g/mol. The van der Waals surface area contributed by atoms with Crippen LogP contribution in [0, 0.1) is 19.8 Å². The summed E-state index contributed by atoms with van der Waals surface area (Å²) in [7, 11) is 0. The van der Waals surface area contributed by atoms with Gasteiger partial charge in [0.15, 0.2) is 0 Å². The van der Waals surface area contributed by atoms with Gasteiger partial charge in [0.25, 0.3) is 0 Å². The number of hydrogen-bond acceptors (Lipinski definition) is 1. The minimum Gasteiger partial charge on any atom is -0.507 e. The first-order chi connectivity index (χ1) is 8.61. The van der Waals surface area contributed by atoms with Crippen LogP contribution in [0.3, 0.4) is 0 Å². The Balaban J connectivity index is 2.05. The Morgan fingerprint density at radius 2 is 1.61 bits per heavy atom. The SMILES string of the molecule is CCCC1CCC(c2cc(C)c(O)c(C)c2)CC1. The van der Waals surface area contributed by atoms with E-state index in [9.17, 15) is 5.11 Å². The normalized spacial score (nSPS) is 24.2. The average Bonchev–Trinajstić information content (AvgIpc) is 2.37. The number of aromatic hydroxyl groups is 1. The first-order valence-corrected chi connectivity index (χ1v) is 7.42. The molecule has 0 aromatic heterocycles. The maximum absolute atomic E-state index is 9.84.